The number of alkyl halides is 3. The highest BCUT2D eigenvalue weighted by Gasteiger charge is 2.59. The minimum Gasteiger partial charge on any atom is -0.391 e. The van der Waals surface area contributed by atoms with Crippen LogP contribution in [0.3, 0.4) is 0 Å². The molecule has 7 nitrogen and oxygen atoms in total. The van der Waals surface area contributed by atoms with E-state index in [1.54, 1.807) is 0 Å². The topological polar surface area (TPSA) is 98.8 Å². The number of nitrogens with one attached hydrogen (secondary N) is 1. The second-order valence-corrected chi connectivity index (χ2v) is 7.58. The number of aliphatic imine (C=N–C) groups is 1. The number of carbonyl (C=O) groups is 1. The van der Waals surface area contributed by atoms with Gasteiger partial charge in [0.1, 0.15) is 23.0 Å². The molecule has 0 aliphatic carbocycles. The Hall–Kier alpha value is -3.28. The zero-order chi connectivity index (χ0) is 23.9. The van der Waals surface area contributed by atoms with Gasteiger partial charge < -0.3 is 15.2 Å². The molecule has 3 rings (SSSR count). The summed E-state index contributed by atoms with van der Waals surface area (Å²) in [6.07, 6.45) is -4.95. The molecule has 0 fully saturated rings. The standard InChI is InChI=1S/C20H19F5N4O3/c1-10-6-11(21)8-27-15(10)32-17(30)28-12-4-5-14(22)13(7-12)18(2)9-31-19(3,16(26)29-18)20(23,24)25/h4-8H,9H2,1-3H3,(H2,26,29)(H,28,30)/t18-,19+/m0/s1. The summed E-state index contributed by atoms with van der Waals surface area (Å²) in [6.45, 7) is 2.95. The van der Waals surface area contributed by atoms with Crippen LogP contribution < -0.4 is 15.8 Å². The van der Waals surface area contributed by atoms with Crippen molar-refractivity contribution >= 4 is 17.6 Å². The number of amidine groups is 1. The summed E-state index contributed by atoms with van der Waals surface area (Å²) in [5.74, 6) is -2.39. The average molecular weight is 458 g/mol. The summed E-state index contributed by atoms with van der Waals surface area (Å²) in [6, 6.07) is 4.51. The largest absolute Gasteiger partial charge is 0.424 e. The summed E-state index contributed by atoms with van der Waals surface area (Å²) in [5, 5.41) is 2.35. The van der Waals surface area contributed by atoms with Gasteiger partial charge in [-0.25, -0.2) is 18.6 Å². The van der Waals surface area contributed by atoms with Crippen LogP contribution in [0.5, 0.6) is 5.88 Å². The average Bonchev–Trinajstić information content (AvgIpc) is 2.68. The third kappa shape index (κ3) is 4.35. The fourth-order valence-corrected chi connectivity index (χ4v) is 3.01. The number of rotatable bonds is 3. The Balaban J connectivity index is 1.85. The normalized spacial score (nSPS) is 23.4. The molecule has 32 heavy (non-hydrogen) atoms. The molecular formula is C20H19F5N4O3. The number of benzene rings is 1. The van der Waals surface area contributed by atoms with E-state index in [2.05, 4.69) is 15.3 Å². The van der Waals surface area contributed by atoms with Crippen molar-refractivity contribution in [3.63, 3.8) is 0 Å². The van der Waals surface area contributed by atoms with E-state index in [4.69, 9.17) is 15.2 Å². The molecule has 0 saturated heterocycles. The van der Waals surface area contributed by atoms with Gasteiger partial charge >= 0.3 is 12.3 Å². The Kier molecular flexibility index (Phi) is 5.85. The van der Waals surface area contributed by atoms with Crippen molar-refractivity contribution in [3.05, 3.63) is 53.2 Å². The number of hydrogen-bond acceptors (Lipinski definition) is 6. The molecule has 1 aromatic heterocycles. The second-order valence-electron chi connectivity index (χ2n) is 7.58. The number of aromatic nitrogens is 1. The van der Waals surface area contributed by atoms with Crippen LogP contribution in [0.1, 0.15) is 25.0 Å². The van der Waals surface area contributed by atoms with Crippen LogP contribution in [-0.2, 0) is 10.3 Å². The molecule has 0 unspecified atom stereocenters. The molecule has 1 amide bonds. The smallest absolute Gasteiger partial charge is 0.391 e. The minimum absolute atomic E-state index is 0.0605. The molecule has 2 aromatic rings. The van der Waals surface area contributed by atoms with E-state index in [1.165, 1.54) is 26.0 Å². The Morgan fingerprint density at radius 2 is 1.94 bits per heavy atom. The van der Waals surface area contributed by atoms with E-state index < -0.39 is 47.5 Å². The first kappa shape index (κ1) is 23.4. The van der Waals surface area contributed by atoms with Crippen LogP contribution in [0.15, 0.2) is 35.5 Å². The molecular weight excluding hydrogens is 439 g/mol. The molecule has 2 atom stereocenters. The zero-order valence-electron chi connectivity index (χ0n) is 17.2. The lowest BCUT2D eigenvalue weighted by atomic mass is 9.89. The summed E-state index contributed by atoms with van der Waals surface area (Å²) in [5.41, 5.74) is 1.33. The van der Waals surface area contributed by atoms with Gasteiger partial charge in [-0.3, -0.25) is 10.3 Å². The fraction of sp³-hybridized carbons (Fsp3) is 0.350. The number of nitrogens with two attached hydrogens (primary N) is 1. The van der Waals surface area contributed by atoms with E-state index >= 15 is 0 Å². The van der Waals surface area contributed by atoms with Crippen LogP contribution in [-0.4, -0.2) is 35.3 Å². The van der Waals surface area contributed by atoms with Crippen LogP contribution >= 0.6 is 0 Å². The molecule has 1 aliphatic heterocycles. The van der Waals surface area contributed by atoms with Crippen molar-refractivity contribution in [1.29, 1.82) is 0 Å². The van der Waals surface area contributed by atoms with Gasteiger partial charge in [0.15, 0.2) is 0 Å². The first-order valence-electron chi connectivity index (χ1n) is 9.23. The van der Waals surface area contributed by atoms with Gasteiger partial charge in [-0.15, -0.1) is 0 Å². The van der Waals surface area contributed by atoms with Crippen LogP contribution in [0.25, 0.3) is 0 Å². The van der Waals surface area contributed by atoms with Crippen LogP contribution in [0.2, 0.25) is 0 Å². The highest BCUT2D eigenvalue weighted by molar-refractivity contribution is 5.91. The Bertz CT molecular complexity index is 1090. The quantitative estimate of drug-likeness (QED) is 0.672. The highest BCUT2D eigenvalue weighted by atomic mass is 19.4. The molecule has 0 saturated carbocycles. The zero-order valence-corrected chi connectivity index (χ0v) is 17.2. The van der Waals surface area contributed by atoms with Gasteiger partial charge in [0, 0.05) is 16.8 Å². The molecule has 1 aliphatic rings. The second kappa shape index (κ2) is 8.01. The van der Waals surface area contributed by atoms with Gasteiger partial charge in [0.25, 0.3) is 0 Å². The monoisotopic (exact) mass is 458 g/mol. The Labute approximate surface area is 179 Å². The third-order valence-electron chi connectivity index (χ3n) is 5.02. The third-order valence-corrected chi connectivity index (χ3v) is 5.02. The number of ether oxygens (including phenoxy) is 2. The number of nitrogens with zero attached hydrogens (tertiary/aromatic N) is 2. The predicted molar refractivity (Wildman–Crippen MR) is 104 cm³/mol. The number of carbonyl (C=O) groups excluding carboxylic acids is 1. The molecule has 172 valence electrons. The van der Waals surface area contributed by atoms with Crippen molar-refractivity contribution in [1.82, 2.24) is 4.98 Å². The molecule has 2 heterocycles. The molecule has 1 aromatic carbocycles. The van der Waals surface area contributed by atoms with Crippen molar-refractivity contribution in [2.24, 2.45) is 10.7 Å². The van der Waals surface area contributed by atoms with Crippen molar-refractivity contribution in [2.45, 2.75) is 38.1 Å². The fourth-order valence-electron chi connectivity index (χ4n) is 3.01. The van der Waals surface area contributed by atoms with Crippen molar-refractivity contribution in [3.8, 4) is 5.88 Å². The Morgan fingerprint density at radius 3 is 2.53 bits per heavy atom. The summed E-state index contributed by atoms with van der Waals surface area (Å²) in [7, 11) is 0. The highest BCUT2D eigenvalue weighted by Crippen LogP contribution is 2.41. The number of anilines is 1. The predicted octanol–water partition coefficient (Wildman–Crippen LogP) is 4.20. The number of amides is 1. The lowest BCUT2D eigenvalue weighted by molar-refractivity contribution is -0.249. The van der Waals surface area contributed by atoms with Crippen molar-refractivity contribution in [2.75, 3.05) is 11.9 Å². The number of halogens is 5. The number of hydrogen-bond donors (Lipinski definition) is 2. The van der Waals surface area contributed by atoms with Gasteiger partial charge in [-0.2, -0.15) is 13.2 Å². The SMILES string of the molecule is Cc1cc(F)cnc1OC(=O)Nc1ccc(F)c([C@]2(C)CO[C@@](C)(C(F)(F)F)C(N)=N2)c1. The molecule has 0 spiro atoms. The van der Waals surface area contributed by atoms with E-state index in [0.717, 1.165) is 25.3 Å². The van der Waals surface area contributed by atoms with Gasteiger partial charge in [-0.05, 0) is 45.0 Å². The van der Waals surface area contributed by atoms with E-state index in [-0.39, 0.29) is 22.7 Å². The molecule has 3 N–H and O–H groups in total. The lowest BCUT2D eigenvalue weighted by Gasteiger charge is -2.41. The maximum absolute atomic E-state index is 14.6. The lowest BCUT2D eigenvalue weighted by Crippen LogP contribution is -2.60. The maximum atomic E-state index is 14.6. The van der Waals surface area contributed by atoms with Crippen LogP contribution in [0.4, 0.5) is 32.4 Å². The van der Waals surface area contributed by atoms with E-state index in [1.807, 2.05) is 0 Å². The summed E-state index contributed by atoms with van der Waals surface area (Å²) >= 11 is 0. The number of aryl methyl sites for hydroxylation is 1. The minimum atomic E-state index is -4.82. The first-order valence-corrected chi connectivity index (χ1v) is 9.23. The van der Waals surface area contributed by atoms with E-state index in [0.29, 0.717) is 0 Å². The molecule has 0 bridgehead atoms. The Morgan fingerprint density at radius 1 is 1.25 bits per heavy atom. The first-order chi connectivity index (χ1) is 14.7. The molecule has 12 heteroatoms. The number of pyridine rings is 1. The summed E-state index contributed by atoms with van der Waals surface area (Å²) in [4.78, 5) is 19.7. The van der Waals surface area contributed by atoms with Gasteiger partial charge in [-0.1, -0.05) is 0 Å². The van der Waals surface area contributed by atoms with Crippen molar-refractivity contribution < 1.29 is 36.2 Å². The molecule has 0 radical (unpaired) electrons. The van der Waals surface area contributed by atoms with Gasteiger partial charge in [0.05, 0.1) is 12.8 Å². The van der Waals surface area contributed by atoms with E-state index in [9.17, 15) is 26.7 Å². The van der Waals surface area contributed by atoms with Crippen LogP contribution in [0, 0.1) is 18.6 Å². The maximum Gasteiger partial charge on any atom is 0.424 e. The summed E-state index contributed by atoms with van der Waals surface area (Å²) < 4.78 is 77.6. The van der Waals surface area contributed by atoms with Gasteiger partial charge in [0.2, 0.25) is 11.5 Å².